The molecule has 0 spiro atoms. The molecule has 2 heterocycles. The Bertz CT molecular complexity index is 660. The van der Waals surface area contributed by atoms with Crippen LogP contribution in [0.5, 0.6) is 0 Å². The van der Waals surface area contributed by atoms with Gasteiger partial charge in [-0.15, -0.1) is 11.3 Å². The molecule has 1 aliphatic heterocycles. The lowest BCUT2D eigenvalue weighted by Gasteiger charge is -2.26. The van der Waals surface area contributed by atoms with Crippen LogP contribution in [0.15, 0.2) is 40.9 Å². The molecule has 106 valence electrons. The van der Waals surface area contributed by atoms with Gasteiger partial charge < -0.3 is 5.32 Å². The van der Waals surface area contributed by atoms with E-state index in [1.165, 1.54) is 15.6 Å². The molecule has 1 aliphatic rings. The van der Waals surface area contributed by atoms with Gasteiger partial charge in [0.1, 0.15) is 0 Å². The molecule has 0 bridgehead atoms. The quantitative estimate of drug-likeness (QED) is 0.931. The lowest BCUT2D eigenvalue weighted by molar-refractivity contribution is 0.360. The van der Waals surface area contributed by atoms with Gasteiger partial charge in [-0.3, -0.25) is 4.98 Å². The van der Waals surface area contributed by atoms with Crippen molar-refractivity contribution >= 4 is 21.4 Å². The molecule has 0 aliphatic carbocycles. The van der Waals surface area contributed by atoms with Crippen LogP contribution in [-0.2, 0) is 10.0 Å². The first-order valence-electron chi connectivity index (χ1n) is 6.38. The Morgan fingerprint density at radius 2 is 1.85 bits per heavy atom. The second kappa shape index (κ2) is 5.61. The van der Waals surface area contributed by atoms with Crippen LogP contribution in [0, 0.1) is 0 Å². The second-order valence-corrected chi connectivity index (χ2v) is 7.37. The van der Waals surface area contributed by atoms with Crippen molar-refractivity contribution in [1.29, 1.82) is 0 Å². The molecule has 1 fully saturated rings. The van der Waals surface area contributed by atoms with Crippen LogP contribution in [0.1, 0.15) is 0 Å². The molecule has 1 aromatic heterocycles. The number of hydrogen-bond donors (Lipinski definition) is 1. The summed E-state index contributed by atoms with van der Waals surface area (Å²) >= 11 is 1.54. The largest absolute Gasteiger partial charge is 0.314 e. The Kier molecular flexibility index (Phi) is 3.84. The van der Waals surface area contributed by atoms with Gasteiger partial charge in [0.2, 0.25) is 10.0 Å². The maximum absolute atomic E-state index is 12.5. The summed E-state index contributed by atoms with van der Waals surface area (Å²) < 4.78 is 26.5. The molecule has 5 nitrogen and oxygen atoms in total. The Hall–Kier alpha value is -1.28. The van der Waals surface area contributed by atoms with Gasteiger partial charge in [-0.25, -0.2) is 8.42 Å². The molecule has 1 aromatic carbocycles. The molecule has 3 rings (SSSR count). The highest BCUT2D eigenvalue weighted by Gasteiger charge is 2.25. The monoisotopic (exact) mass is 309 g/mol. The fourth-order valence-electron chi connectivity index (χ4n) is 2.18. The summed E-state index contributed by atoms with van der Waals surface area (Å²) in [6, 6.07) is 7.02. The lowest BCUT2D eigenvalue weighted by atomic mass is 10.2. The first-order valence-corrected chi connectivity index (χ1v) is 8.70. The highest BCUT2D eigenvalue weighted by atomic mass is 32.2. The Morgan fingerprint density at radius 3 is 2.45 bits per heavy atom. The van der Waals surface area contributed by atoms with Crippen molar-refractivity contribution in [2.75, 3.05) is 26.2 Å². The molecule has 0 atom stereocenters. The highest BCUT2D eigenvalue weighted by molar-refractivity contribution is 7.89. The van der Waals surface area contributed by atoms with Crippen molar-refractivity contribution in [3.8, 4) is 10.4 Å². The molecule has 1 N–H and O–H groups in total. The summed E-state index contributed by atoms with van der Waals surface area (Å²) in [5, 5.41) is 3.15. The Balaban J connectivity index is 1.87. The second-order valence-electron chi connectivity index (χ2n) is 4.54. The van der Waals surface area contributed by atoms with Crippen molar-refractivity contribution in [2.24, 2.45) is 0 Å². The smallest absolute Gasteiger partial charge is 0.243 e. The van der Waals surface area contributed by atoms with E-state index in [1.807, 2.05) is 12.1 Å². The minimum atomic E-state index is -3.37. The van der Waals surface area contributed by atoms with Crippen LogP contribution in [0.3, 0.4) is 0 Å². The van der Waals surface area contributed by atoms with E-state index in [4.69, 9.17) is 0 Å². The number of aromatic nitrogens is 1. The van der Waals surface area contributed by atoms with Gasteiger partial charge in [0, 0.05) is 32.4 Å². The van der Waals surface area contributed by atoms with E-state index in [-0.39, 0.29) is 0 Å². The average Bonchev–Trinajstić information content (AvgIpc) is 3.02. The minimum Gasteiger partial charge on any atom is -0.314 e. The highest BCUT2D eigenvalue weighted by Crippen LogP contribution is 2.25. The van der Waals surface area contributed by atoms with E-state index in [1.54, 1.807) is 23.8 Å². The predicted molar refractivity (Wildman–Crippen MR) is 79.2 cm³/mol. The first kappa shape index (κ1) is 13.7. The van der Waals surface area contributed by atoms with Crippen molar-refractivity contribution in [3.05, 3.63) is 36.0 Å². The average molecular weight is 309 g/mol. The number of hydrogen-bond acceptors (Lipinski definition) is 5. The molecule has 7 heteroatoms. The zero-order chi connectivity index (χ0) is 14.0. The van der Waals surface area contributed by atoms with E-state index in [0.29, 0.717) is 31.1 Å². The summed E-state index contributed by atoms with van der Waals surface area (Å²) in [6.45, 7) is 2.47. The molecular weight excluding hydrogens is 294 g/mol. The van der Waals surface area contributed by atoms with E-state index < -0.39 is 10.0 Å². The minimum absolute atomic E-state index is 0.354. The van der Waals surface area contributed by atoms with Crippen LogP contribution in [0.2, 0.25) is 0 Å². The molecular formula is C13H15N3O2S2. The summed E-state index contributed by atoms with van der Waals surface area (Å²) in [5.74, 6) is 0. The van der Waals surface area contributed by atoms with Gasteiger partial charge >= 0.3 is 0 Å². The molecule has 0 unspecified atom stereocenters. The Morgan fingerprint density at radius 1 is 1.15 bits per heavy atom. The van der Waals surface area contributed by atoms with Gasteiger partial charge in [0.05, 0.1) is 15.3 Å². The van der Waals surface area contributed by atoms with Gasteiger partial charge in [0.25, 0.3) is 0 Å². The van der Waals surface area contributed by atoms with Gasteiger partial charge in [-0.1, -0.05) is 12.1 Å². The van der Waals surface area contributed by atoms with Crippen LogP contribution in [0.4, 0.5) is 0 Å². The molecule has 20 heavy (non-hydrogen) atoms. The summed E-state index contributed by atoms with van der Waals surface area (Å²) in [5.41, 5.74) is 2.76. The van der Waals surface area contributed by atoms with E-state index in [0.717, 1.165) is 10.4 Å². The SMILES string of the molecule is O=S(=O)(c1ccc(-c2cncs2)cc1)N1CCNCC1. The molecule has 0 saturated carbocycles. The van der Waals surface area contributed by atoms with Crippen molar-refractivity contribution in [2.45, 2.75) is 4.90 Å². The van der Waals surface area contributed by atoms with Gasteiger partial charge in [-0.05, 0) is 17.7 Å². The summed E-state index contributed by atoms with van der Waals surface area (Å²) in [4.78, 5) is 5.42. The zero-order valence-corrected chi connectivity index (χ0v) is 12.5. The van der Waals surface area contributed by atoms with Crippen molar-refractivity contribution in [3.63, 3.8) is 0 Å². The van der Waals surface area contributed by atoms with E-state index >= 15 is 0 Å². The fraction of sp³-hybridized carbons (Fsp3) is 0.308. The number of sulfonamides is 1. The zero-order valence-electron chi connectivity index (χ0n) is 10.8. The normalized spacial score (nSPS) is 17.2. The predicted octanol–water partition coefficient (Wildman–Crippen LogP) is 1.40. The first-order chi connectivity index (χ1) is 9.68. The Labute approximate surface area is 122 Å². The number of nitrogens with zero attached hydrogens (tertiary/aromatic N) is 2. The lowest BCUT2D eigenvalue weighted by Crippen LogP contribution is -2.46. The van der Waals surface area contributed by atoms with Crippen LogP contribution in [0.25, 0.3) is 10.4 Å². The van der Waals surface area contributed by atoms with Crippen molar-refractivity contribution < 1.29 is 8.42 Å². The third-order valence-corrected chi connectivity index (χ3v) is 6.02. The maximum atomic E-state index is 12.5. The molecule has 0 radical (unpaired) electrons. The van der Waals surface area contributed by atoms with Crippen LogP contribution >= 0.6 is 11.3 Å². The summed E-state index contributed by atoms with van der Waals surface area (Å²) in [6.07, 6.45) is 1.78. The van der Waals surface area contributed by atoms with Crippen LogP contribution < -0.4 is 5.32 Å². The van der Waals surface area contributed by atoms with E-state index in [9.17, 15) is 8.42 Å². The number of thiazole rings is 1. The van der Waals surface area contributed by atoms with Crippen LogP contribution in [-0.4, -0.2) is 43.9 Å². The molecule has 0 amide bonds. The van der Waals surface area contributed by atoms with E-state index in [2.05, 4.69) is 10.3 Å². The molecule has 1 saturated heterocycles. The fourth-order valence-corrected chi connectivity index (χ4v) is 4.25. The van der Waals surface area contributed by atoms with Crippen molar-refractivity contribution in [1.82, 2.24) is 14.6 Å². The number of nitrogens with one attached hydrogen (secondary N) is 1. The molecule has 2 aromatic rings. The summed E-state index contributed by atoms with van der Waals surface area (Å²) in [7, 11) is -3.37. The number of benzene rings is 1. The standard InChI is InChI=1S/C13H15N3O2S2/c17-20(18,16-7-5-14-6-8-16)12-3-1-11(2-4-12)13-9-15-10-19-13/h1-4,9-10,14H,5-8H2. The van der Waals surface area contributed by atoms with Gasteiger partial charge in [-0.2, -0.15) is 4.31 Å². The van der Waals surface area contributed by atoms with Gasteiger partial charge in [0.15, 0.2) is 0 Å². The number of rotatable bonds is 3. The number of piperazine rings is 1. The third kappa shape index (κ3) is 2.62. The third-order valence-electron chi connectivity index (χ3n) is 3.28. The topological polar surface area (TPSA) is 62.3 Å². The maximum Gasteiger partial charge on any atom is 0.243 e.